The summed E-state index contributed by atoms with van der Waals surface area (Å²) in [6.07, 6.45) is 1.19. The highest BCUT2D eigenvalue weighted by Crippen LogP contribution is 2.19. The first kappa shape index (κ1) is 14.4. The summed E-state index contributed by atoms with van der Waals surface area (Å²) in [6, 6.07) is 0. The van der Waals surface area contributed by atoms with Crippen LogP contribution < -0.4 is 0 Å². The molecule has 0 unspecified atom stereocenters. The zero-order valence-electron chi connectivity index (χ0n) is 11.2. The van der Waals surface area contributed by atoms with Gasteiger partial charge in [0.15, 0.2) is 0 Å². The van der Waals surface area contributed by atoms with Crippen molar-refractivity contribution in [2.75, 3.05) is 32.4 Å². The average Bonchev–Trinajstić information content (AvgIpc) is 2.66. The molecule has 2 heterocycles. The summed E-state index contributed by atoms with van der Waals surface area (Å²) in [5.74, 6) is -0.102. The van der Waals surface area contributed by atoms with E-state index in [1.807, 2.05) is 13.8 Å². The fraction of sp³-hybridized carbons (Fsp3) is 0.636. The van der Waals surface area contributed by atoms with Crippen LogP contribution in [-0.2, 0) is 10.0 Å². The number of aryl methyl sites for hydroxylation is 2. The average molecular weight is 303 g/mol. The lowest BCUT2D eigenvalue weighted by molar-refractivity contribution is 0.0692. The first-order valence-corrected chi connectivity index (χ1v) is 8.64. The Kier molecular flexibility index (Phi) is 3.93. The molecular formula is C11H17N3O3S2. The largest absolute Gasteiger partial charge is 0.335 e. The van der Waals surface area contributed by atoms with E-state index in [2.05, 4.69) is 4.98 Å². The molecule has 1 aliphatic heterocycles. The van der Waals surface area contributed by atoms with Gasteiger partial charge >= 0.3 is 0 Å². The molecule has 1 aromatic rings. The van der Waals surface area contributed by atoms with Crippen LogP contribution in [0.25, 0.3) is 0 Å². The summed E-state index contributed by atoms with van der Waals surface area (Å²) in [4.78, 5) is 19.1. The van der Waals surface area contributed by atoms with Crippen LogP contribution in [0.4, 0.5) is 0 Å². The summed E-state index contributed by atoms with van der Waals surface area (Å²) in [5.41, 5.74) is 0.496. The standard InChI is InChI=1S/C11H17N3O3S2/c1-8-10(12-9(2)18-8)11(15)13-4-6-14(7-5-13)19(3,16)17/h4-7H2,1-3H3. The van der Waals surface area contributed by atoms with E-state index in [4.69, 9.17) is 0 Å². The van der Waals surface area contributed by atoms with Crippen LogP contribution in [0.15, 0.2) is 0 Å². The molecule has 1 saturated heterocycles. The van der Waals surface area contributed by atoms with E-state index in [1.165, 1.54) is 21.9 Å². The quantitative estimate of drug-likeness (QED) is 0.796. The number of aromatic nitrogens is 1. The third-order valence-electron chi connectivity index (χ3n) is 3.10. The second-order valence-corrected chi connectivity index (χ2v) is 7.98. The van der Waals surface area contributed by atoms with Crippen LogP contribution in [0.3, 0.4) is 0 Å². The molecule has 8 heteroatoms. The van der Waals surface area contributed by atoms with Gasteiger partial charge in [-0.3, -0.25) is 4.79 Å². The molecule has 1 fully saturated rings. The zero-order valence-corrected chi connectivity index (χ0v) is 12.8. The van der Waals surface area contributed by atoms with Crippen molar-refractivity contribution in [3.8, 4) is 0 Å². The topological polar surface area (TPSA) is 70.6 Å². The number of piperazine rings is 1. The summed E-state index contributed by atoms with van der Waals surface area (Å²) in [5, 5.41) is 0.871. The highest BCUT2D eigenvalue weighted by molar-refractivity contribution is 7.88. The second-order valence-electron chi connectivity index (χ2n) is 4.59. The van der Waals surface area contributed by atoms with Gasteiger partial charge in [0.05, 0.1) is 11.3 Å². The molecule has 19 heavy (non-hydrogen) atoms. The molecule has 106 valence electrons. The first-order valence-electron chi connectivity index (χ1n) is 5.97. The number of sulfonamides is 1. The Morgan fingerprint density at radius 3 is 2.21 bits per heavy atom. The third-order valence-corrected chi connectivity index (χ3v) is 5.29. The van der Waals surface area contributed by atoms with Crippen molar-refractivity contribution < 1.29 is 13.2 Å². The van der Waals surface area contributed by atoms with Gasteiger partial charge in [-0.2, -0.15) is 4.31 Å². The number of carbonyl (C=O) groups excluding carboxylic acids is 1. The van der Waals surface area contributed by atoms with Crippen LogP contribution in [-0.4, -0.2) is 60.9 Å². The highest BCUT2D eigenvalue weighted by atomic mass is 32.2. The van der Waals surface area contributed by atoms with Crippen LogP contribution in [0.2, 0.25) is 0 Å². The van der Waals surface area contributed by atoms with Crippen LogP contribution in [0.5, 0.6) is 0 Å². The minimum Gasteiger partial charge on any atom is -0.335 e. The van der Waals surface area contributed by atoms with Gasteiger partial charge in [-0.1, -0.05) is 0 Å². The van der Waals surface area contributed by atoms with Gasteiger partial charge in [0.1, 0.15) is 5.69 Å². The second kappa shape index (κ2) is 5.18. The Morgan fingerprint density at radius 2 is 1.79 bits per heavy atom. The number of thiazole rings is 1. The van der Waals surface area contributed by atoms with Gasteiger partial charge in [-0.05, 0) is 13.8 Å². The molecule has 0 radical (unpaired) electrons. The maximum atomic E-state index is 12.3. The molecule has 1 aliphatic rings. The van der Waals surface area contributed by atoms with Crippen molar-refractivity contribution in [2.24, 2.45) is 0 Å². The lowest BCUT2D eigenvalue weighted by atomic mass is 10.3. The van der Waals surface area contributed by atoms with Gasteiger partial charge < -0.3 is 4.90 Å². The molecule has 0 bridgehead atoms. The molecule has 0 N–H and O–H groups in total. The van der Waals surface area contributed by atoms with Crippen LogP contribution >= 0.6 is 11.3 Å². The summed E-state index contributed by atoms with van der Waals surface area (Å²) >= 11 is 1.50. The third kappa shape index (κ3) is 3.13. The maximum absolute atomic E-state index is 12.3. The molecule has 0 aliphatic carbocycles. The Morgan fingerprint density at radius 1 is 1.21 bits per heavy atom. The molecule has 0 aromatic carbocycles. The monoisotopic (exact) mass is 303 g/mol. The van der Waals surface area contributed by atoms with Crippen molar-refractivity contribution in [1.29, 1.82) is 0 Å². The Balaban J connectivity index is 2.06. The van der Waals surface area contributed by atoms with Crippen molar-refractivity contribution in [1.82, 2.24) is 14.2 Å². The lowest BCUT2D eigenvalue weighted by Crippen LogP contribution is -2.50. The molecule has 6 nitrogen and oxygen atoms in total. The molecule has 1 aromatic heterocycles. The first-order chi connectivity index (χ1) is 8.79. The normalized spacial score (nSPS) is 17.7. The molecule has 0 saturated carbocycles. The molecular weight excluding hydrogens is 286 g/mol. The summed E-state index contributed by atoms with van der Waals surface area (Å²) in [6.45, 7) is 5.30. The number of nitrogens with zero attached hydrogens (tertiary/aromatic N) is 3. The van der Waals surface area contributed by atoms with Crippen LogP contribution in [0, 0.1) is 13.8 Å². The fourth-order valence-corrected chi connectivity index (χ4v) is 3.74. The van der Waals surface area contributed by atoms with E-state index < -0.39 is 10.0 Å². The van der Waals surface area contributed by atoms with Crippen molar-refractivity contribution >= 4 is 27.3 Å². The zero-order chi connectivity index (χ0) is 14.2. The number of hydrogen-bond acceptors (Lipinski definition) is 5. The predicted molar refractivity (Wildman–Crippen MR) is 73.9 cm³/mol. The summed E-state index contributed by atoms with van der Waals surface area (Å²) in [7, 11) is -3.16. The SMILES string of the molecule is Cc1nc(C(=O)N2CCN(S(C)(=O)=O)CC2)c(C)s1. The van der Waals surface area contributed by atoms with Crippen molar-refractivity contribution in [3.63, 3.8) is 0 Å². The van der Waals surface area contributed by atoms with Crippen molar-refractivity contribution in [2.45, 2.75) is 13.8 Å². The van der Waals surface area contributed by atoms with Gasteiger partial charge in [0.2, 0.25) is 10.0 Å². The van der Waals surface area contributed by atoms with Crippen molar-refractivity contribution in [3.05, 3.63) is 15.6 Å². The molecule has 2 rings (SSSR count). The number of carbonyl (C=O) groups is 1. The smallest absolute Gasteiger partial charge is 0.273 e. The lowest BCUT2D eigenvalue weighted by Gasteiger charge is -2.32. The minimum absolute atomic E-state index is 0.102. The van der Waals surface area contributed by atoms with E-state index in [-0.39, 0.29) is 5.91 Å². The van der Waals surface area contributed by atoms with Gasteiger partial charge in [-0.25, -0.2) is 13.4 Å². The number of amides is 1. The van der Waals surface area contributed by atoms with E-state index >= 15 is 0 Å². The Labute approximate surface area is 117 Å². The minimum atomic E-state index is -3.16. The van der Waals surface area contributed by atoms with E-state index in [0.717, 1.165) is 9.88 Å². The van der Waals surface area contributed by atoms with E-state index in [0.29, 0.717) is 31.9 Å². The molecule has 0 atom stereocenters. The Bertz CT molecular complexity index is 586. The van der Waals surface area contributed by atoms with Gasteiger partial charge in [0, 0.05) is 31.1 Å². The van der Waals surface area contributed by atoms with Gasteiger partial charge in [-0.15, -0.1) is 11.3 Å². The molecule has 0 spiro atoms. The Hall–Kier alpha value is -0.990. The van der Waals surface area contributed by atoms with Crippen LogP contribution in [0.1, 0.15) is 20.4 Å². The van der Waals surface area contributed by atoms with Gasteiger partial charge in [0.25, 0.3) is 5.91 Å². The fourth-order valence-electron chi connectivity index (χ4n) is 2.10. The highest BCUT2D eigenvalue weighted by Gasteiger charge is 2.28. The van der Waals surface area contributed by atoms with E-state index in [9.17, 15) is 13.2 Å². The number of rotatable bonds is 2. The summed E-state index contributed by atoms with van der Waals surface area (Å²) < 4.78 is 24.2. The molecule has 1 amide bonds. The van der Waals surface area contributed by atoms with E-state index in [1.54, 1.807) is 4.90 Å². The number of hydrogen-bond donors (Lipinski definition) is 0. The predicted octanol–water partition coefficient (Wildman–Crippen LogP) is 0.477. The maximum Gasteiger partial charge on any atom is 0.273 e.